The Hall–Kier alpha value is -2.11. The fourth-order valence-corrected chi connectivity index (χ4v) is 2.18. The topological polar surface area (TPSA) is 77.6 Å². The van der Waals surface area contributed by atoms with Gasteiger partial charge in [-0.05, 0) is 31.9 Å². The SMILES string of the molecule is CC(=NNC(=O)CN1CCCCCC1=O)c1ccc[nH]1. The second kappa shape index (κ2) is 6.88. The summed E-state index contributed by atoms with van der Waals surface area (Å²) in [5, 5.41) is 4.03. The number of H-pyrrole nitrogens is 1. The van der Waals surface area contributed by atoms with Gasteiger partial charge in [0.15, 0.2) is 0 Å². The van der Waals surface area contributed by atoms with Gasteiger partial charge in [0.2, 0.25) is 5.91 Å². The minimum atomic E-state index is -0.258. The summed E-state index contributed by atoms with van der Waals surface area (Å²) in [7, 11) is 0. The van der Waals surface area contributed by atoms with Gasteiger partial charge in [-0.15, -0.1) is 0 Å². The van der Waals surface area contributed by atoms with E-state index in [1.807, 2.05) is 19.1 Å². The van der Waals surface area contributed by atoms with E-state index in [0.717, 1.165) is 25.0 Å². The Balaban J connectivity index is 1.86. The van der Waals surface area contributed by atoms with Crippen LogP contribution in [0.4, 0.5) is 0 Å². The van der Waals surface area contributed by atoms with Crippen LogP contribution in [-0.4, -0.2) is 40.5 Å². The first-order valence-corrected chi connectivity index (χ1v) is 6.91. The molecule has 1 aromatic rings. The van der Waals surface area contributed by atoms with Gasteiger partial charge < -0.3 is 9.88 Å². The zero-order chi connectivity index (χ0) is 14.4. The van der Waals surface area contributed by atoms with Crippen LogP contribution in [-0.2, 0) is 9.59 Å². The summed E-state index contributed by atoms with van der Waals surface area (Å²) in [6, 6.07) is 3.75. The van der Waals surface area contributed by atoms with Crippen molar-refractivity contribution in [1.29, 1.82) is 0 Å². The van der Waals surface area contributed by atoms with Gasteiger partial charge in [0.05, 0.1) is 11.4 Å². The maximum absolute atomic E-state index is 11.8. The van der Waals surface area contributed by atoms with Gasteiger partial charge in [0, 0.05) is 19.2 Å². The van der Waals surface area contributed by atoms with Gasteiger partial charge in [-0.25, -0.2) is 5.43 Å². The molecule has 0 radical (unpaired) electrons. The average molecular weight is 276 g/mol. The molecule has 1 aliphatic heterocycles. The van der Waals surface area contributed by atoms with Crippen molar-refractivity contribution in [3.8, 4) is 0 Å². The number of hydrazone groups is 1. The third kappa shape index (κ3) is 3.94. The Bertz CT molecular complexity index is 493. The van der Waals surface area contributed by atoms with E-state index in [-0.39, 0.29) is 18.4 Å². The van der Waals surface area contributed by atoms with Crippen LogP contribution < -0.4 is 5.43 Å². The van der Waals surface area contributed by atoms with E-state index in [2.05, 4.69) is 15.5 Å². The smallest absolute Gasteiger partial charge is 0.259 e. The van der Waals surface area contributed by atoms with Crippen LogP contribution in [0.3, 0.4) is 0 Å². The third-order valence-corrected chi connectivity index (χ3v) is 3.34. The highest BCUT2D eigenvalue weighted by Crippen LogP contribution is 2.10. The first-order valence-electron chi connectivity index (χ1n) is 6.91. The number of aromatic amines is 1. The molecule has 2 N–H and O–H groups in total. The lowest BCUT2D eigenvalue weighted by Gasteiger charge is -2.18. The Morgan fingerprint density at radius 3 is 3.05 bits per heavy atom. The van der Waals surface area contributed by atoms with Gasteiger partial charge in [-0.3, -0.25) is 9.59 Å². The molecule has 108 valence electrons. The molecule has 0 saturated carbocycles. The number of hydrogen-bond acceptors (Lipinski definition) is 3. The van der Waals surface area contributed by atoms with Crippen molar-refractivity contribution in [3.63, 3.8) is 0 Å². The number of rotatable bonds is 4. The summed E-state index contributed by atoms with van der Waals surface area (Å²) in [6.07, 6.45) is 5.27. The van der Waals surface area contributed by atoms with Crippen LogP contribution in [0.5, 0.6) is 0 Å². The molecule has 20 heavy (non-hydrogen) atoms. The lowest BCUT2D eigenvalue weighted by Crippen LogP contribution is -2.39. The molecule has 1 aromatic heterocycles. The fraction of sp³-hybridized carbons (Fsp3) is 0.500. The van der Waals surface area contributed by atoms with Gasteiger partial charge in [0.1, 0.15) is 6.54 Å². The van der Waals surface area contributed by atoms with Crippen LogP contribution in [0.25, 0.3) is 0 Å². The molecule has 0 atom stereocenters. The van der Waals surface area contributed by atoms with Crippen molar-refractivity contribution in [2.75, 3.05) is 13.1 Å². The maximum Gasteiger partial charge on any atom is 0.259 e. The Kier molecular flexibility index (Phi) is 4.92. The number of aromatic nitrogens is 1. The van der Waals surface area contributed by atoms with Crippen LogP contribution in [0.2, 0.25) is 0 Å². The first-order chi connectivity index (χ1) is 9.66. The van der Waals surface area contributed by atoms with E-state index < -0.39 is 0 Å². The number of hydrogen-bond donors (Lipinski definition) is 2. The molecule has 2 rings (SSSR count). The fourth-order valence-electron chi connectivity index (χ4n) is 2.18. The van der Waals surface area contributed by atoms with Crippen LogP contribution in [0.1, 0.15) is 38.3 Å². The van der Waals surface area contributed by atoms with E-state index in [1.54, 1.807) is 11.1 Å². The highest BCUT2D eigenvalue weighted by atomic mass is 16.2. The van der Waals surface area contributed by atoms with Gasteiger partial charge >= 0.3 is 0 Å². The Morgan fingerprint density at radius 1 is 1.45 bits per heavy atom. The first kappa shape index (κ1) is 14.3. The summed E-state index contributed by atoms with van der Waals surface area (Å²) < 4.78 is 0. The molecule has 0 aromatic carbocycles. The molecule has 1 aliphatic rings. The molecule has 0 unspecified atom stereocenters. The molecular weight excluding hydrogens is 256 g/mol. The van der Waals surface area contributed by atoms with Crippen LogP contribution in [0, 0.1) is 0 Å². The minimum Gasteiger partial charge on any atom is -0.360 e. The standard InChI is InChI=1S/C14H20N4O2/c1-11(12-6-5-8-15-12)16-17-13(19)10-18-9-4-2-3-7-14(18)20/h5-6,8,15H,2-4,7,9-10H2,1H3,(H,17,19). The van der Waals surface area contributed by atoms with Crippen molar-refractivity contribution in [2.45, 2.75) is 32.6 Å². The Labute approximate surface area is 118 Å². The highest BCUT2D eigenvalue weighted by molar-refractivity contribution is 5.97. The van der Waals surface area contributed by atoms with Crippen molar-refractivity contribution in [2.24, 2.45) is 5.10 Å². The monoisotopic (exact) mass is 276 g/mol. The number of amides is 2. The minimum absolute atomic E-state index is 0.0581. The Morgan fingerprint density at radius 2 is 2.30 bits per heavy atom. The van der Waals surface area contributed by atoms with Crippen molar-refractivity contribution in [3.05, 3.63) is 24.0 Å². The van der Waals surface area contributed by atoms with E-state index in [4.69, 9.17) is 0 Å². The summed E-state index contributed by atoms with van der Waals surface area (Å²) in [5.74, 6) is -0.200. The molecule has 2 amide bonds. The van der Waals surface area contributed by atoms with E-state index in [1.165, 1.54) is 0 Å². The second-order valence-corrected chi connectivity index (χ2v) is 4.94. The zero-order valence-electron chi connectivity index (χ0n) is 11.7. The summed E-state index contributed by atoms with van der Waals surface area (Å²) in [5.41, 5.74) is 4.05. The number of carbonyl (C=O) groups excluding carboxylic acids is 2. The molecule has 0 spiro atoms. The number of carbonyl (C=O) groups is 2. The number of nitrogens with zero attached hydrogens (tertiary/aromatic N) is 2. The normalized spacial score (nSPS) is 16.9. The van der Waals surface area contributed by atoms with E-state index in [9.17, 15) is 9.59 Å². The van der Waals surface area contributed by atoms with Crippen molar-refractivity contribution < 1.29 is 9.59 Å². The predicted molar refractivity (Wildman–Crippen MR) is 76.2 cm³/mol. The second-order valence-electron chi connectivity index (χ2n) is 4.94. The summed E-state index contributed by atoms with van der Waals surface area (Å²) >= 11 is 0. The van der Waals surface area contributed by atoms with Crippen molar-refractivity contribution >= 4 is 17.5 Å². The lowest BCUT2D eigenvalue weighted by molar-refractivity contribution is -0.135. The van der Waals surface area contributed by atoms with Crippen LogP contribution >= 0.6 is 0 Å². The van der Waals surface area contributed by atoms with Gasteiger partial charge in [-0.1, -0.05) is 6.42 Å². The van der Waals surface area contributed by atoms with Gasteiger partial charge in [0.25, 0.3) is 5.91 Å². The molecule has 2 heterocycles. The summed E-state index contributed by atoms with van der Waals surface area (Å²) in [4.78, 5) is 28.2. The average Bonchev–Trinajstić information content (AvgIpc) is 2.90. The third-order valence-electron chi connectivity index (χ3n) is 3.34. The van der Waals surface area contributed by atoms with E-state index >= 15 is 0 Å². The predicted octanol–water partition coefficient (Wildman–Crippen LogP) is 1.26. The molecule has 1 fully saturated rings. The van der Waals surface area contributed by atoms with Crippen LogP contribution in [0.15, 0.2) is 23.4 Å². The molecular formula is C14H20N4O2. The largest absolute Gasteiger partial charge is 0.360 e. The number of likely N-dealkylation sites (tertiary alicyclic amines) is 1. The zero-order valence-corrected chi connectivity index (χ0v) is 11.7. The van der Waals surface area contributed by atoms with Gasteiger partial charge in [-0.2, -0.15) is 5.10 Å². The molecule has 1 saturated heterocycles. The molecule has 0 aliphatic carbocycles. The molecule has 6 nitrogen and oxygen atoms in total. The molecule has 0 bridgehead atoms. The van der Waals surface area contributed by atoms with E-state index in [0.29, 0.717) is 18.7 Å². The lowest BCUT2D eigenvalue weighted by atomic mass is 10.2. The molecule has 6 heteroatoms. The number of nitrogens with one attached hydrogen (secondary N) is 2. The highest BCUT2D eigenvalue weighted by Gasteiger charge is 2.18. The quantitative estimate of drug-likeness (QED) is 0.641. The maximum atomic E-state index is 11.8. The van der Waals surface area contributed by atoms with Crippen molar-refractivity contribution in [1.82, 2.24) is 15.3 Å². The summed E-state index contributed by atoms with van der Waals surface area (Å²) in [6.45, 7) is 2.55.